The van der Waals surface area contributed by atoms with Crippen LogP contribution in [0.5, 0.6) is 11.5 Å². The minimum Gasteiger partial charge on any atom is -0.493 e. The van der Waals surface area contributed by atoms with Crippen LogP contribution in [0.3, 0.4) is 0 Å². The first-order valence-corrected chi connectivity index (χ1v) is 5.78. The fraction of sp³-hybridized carbons (Fsp3) is 0.250. The van der Waals surface area contributed by atoms with Gasteiger partial charge in [-0.1, -0.05) is 0 Å². The summed E-state index contributed by atoms with van der Waals surface area (Å²) in [6, 6.07) is 3.62. The van der Waals surface area contributed by atoms with Crippen molar-refractivity contribution in [1.82, 2.24) is 0 Å². The fourth-order valence-electron chi connectivity index (χ4n) is 1.75. The first-order chi connectivity index (χ1) is 8.08. The van der Waals surface area contributed by atoms with E-state index in [1.54, 1.807) is 27.2 Å². The molecule has 1 aromatic carbocycles. The number of hydrogen-bond acceptors (Lipinski definition) is 4. The first kappa shape index (κ1) is 11.7. The van der Waals surface area contributed by atoms with Crippen LogP contribution in [-0.4, -0.2) is 25.3 Å². The Bertz CT molecular complexity index is 586. The topological polar surface area (TPSA) is 55.8 Å². The summed E-state index contributed by atoms with van der Waals surface area (Å²) in [4.78, 5) is 11.4. The molecule has 90 valence electrons. The summed E-state index contributed by atoms with van der Waals surface area (Å²) in [7, 11) is 3.12. The van der Waals surface area contributed by atoms with Gasteiger partial charge in [-0.2, -0.15) is 0 Å². The molecule has 2 rings (SSSR count). The Balaban J connectivity index is 2.75. The van der Waals surface area contributed by atoms with Crippen molar-refractivity contribution in [2.24, 2.45) is 0 Å². The fourth-order valence-corrected chi connectivity index (χ4v) is 2.81. The maximum atomic E-state index is 11.0. The van der Waals surface area contributed by atoms with E-state index in [1.165, 1.54) is 11.3 Å². The molecular formula is C12H12O4S. The van der Waals surface area contributed by atoms with Crippen LogP contribution in [0, 0.1) is 6.92 Å². The lowest BCUT2D eigenvalue weighted by molar-refractivity contribution is 0.0701. The predicted octanol–water partition coefficient (Wildman–Crippen LogP) is 2.93. The number of methoxy groups -OCH3 is 2. The lowest BCUT2D eigenvalue weighted by Crippen LogP contribution is -1.93. The van der Waals surface area contributed by atoms with Crippen LogP contribution in [0.15, 0.2) is 12.1 Å². The highest BCUT2D eigenvalue weighted by Gasteiger charge is 2.16. The van der Waals surface area contributed by atoms with E-state index < -0.39 is 5.97 Å². The van der Waals surface area contributed by atoms with Crippen molar-refractivity contribution in [3.05, 3.63) is 22.6 Å². The molecule has 5 heteroatoms. The Morgan fingerprint density at radius 3 is 2.35 bits per heavy atom. The highest BCUT2D eigenvalue weighted by molar-refractivity contribution is 7.21. The number of fused-ring (bicyclic) bond motifs is 1. The van der Waals surface area contributed by atoms with Crippen molar-refractivity contribution in [3.8, 4) is 11.5 Å². The summed E-state index contributed by atoms with van der Waals surface area (Å²) >= 11 is 1.25. The van der Waals surface area contributed by atoms with Gasteiger partial charge in [-0.3, -0.25) is 0 Å². The Hall–Kier alpha value is -1.75. The van der Waals surface area contributed by atoms with Gasteiger partial charge in [0, 0.05) is 16.2 Å². The van der Waals surface area contributed by atoms with Crippen molar-refractivity contribution in [2.75, 3.05) is 14.2 Å². The summed E-state index contributed by atoms with van der Waals surface area (Å²) < 4.78 is 11.3. The van der Waals surface area contributed by atoms with Crippen LogP contribution in [0.2, 0.25) is 0 Å². The minimum absolute atomic E-state index is 0.357. The van der Waals surface area contributed by atoms with Gasteiger partial charge >= 0.3 is 5.97 Å². The number of carboxylic acids is 1. The molecule has 1 heterocycles. The molecule has 0 unspecified atom stereocenters. The van der Waals surface area contributed by atoms with E-state index in [0.717, 1.165) is 15.6 Å². The van der Waals surface area contributed by atoms with E-state index in [4.69, 9.17) is 14.6 Å². The summed E-state index contributed by atoms with van der Waals surface area (Å²) in [6.07, 6.45) is 0. The summed E-state index contributed by atoms with van der Waals surface area (Å²) in [5.41, 5.74) is 0.762. The molecule has 0 aliphatic carbocycles. The molecule has 0 aliphatic rings. The SMILES string of the molecule is COc1cc2sc(C(=O)O)c(C)c2cc1OC. The molecule has 1 N–H and O–H groups in total. The van der Waals surface area contributed by atoms with Crippen molar-refractivity contribution in [2.45, 2.75) is 6.92 Å². The third kappa shape index (κ3) is 1.82. The van der Waals surface area contributed by atoms with Crippen molar-refractivity contribution >= 4 is 27.4 Å². The number of benzene rings is 1. The quantitative estimate of drug-likeness (QED) is 0.912. The molecule has 0 radical (unpaired) electrons. The van der Waals surface area contributed by atoms with Crippen LogP contribution in [0.4, 0.5) is 0 Å². The van der Waals surface area contributed by atoms with E-state index in [1.807, 2.05) is 6.07 Å². The van der Waals surface area contributed by atoms with Crippen molar-refractivity contribution < 1.29 is 19.4 Å². The largest absolute Gasteiger partial charge is 0.493 e. The number of aryl methyl sites for hydroxylation is 1. The second kappa shape index (κ2) is 4.25. The van der Waals surface area contributed by atoms with Gasteiger partial charge in [0.15, 0.2) is 11.5 Å². The molecule has 0 amide bonds. The molecular weight excluding hydrogens is 240 g/mol. The molecule has 0 fully saturated rings. The third-order valence-electron chi connectivity index (χ3n) is 2.64. The zero-order valence-electron chi connectivity index (χ0n) is 9.73. The van der Waals surface area contributed by atoms with Gasteiger partial charge in [-0.05, 0) is 18.6 Å². The van der Waals surface area contributed by atoms with Crippen LogP contribution in [-0.2, 0) is 0 Å². The number of aromatic carboxylic acids is 1. The maximum absolute atomic E-state index is 11.0. The highest BCUT2D eigenvalue weighted by atomic mass is 32.1. The van der Waals surface area contributed by atoms with E-state index in [2.05, 4.69) is 0 Å². The molecule has 0 bridgehead atoms. The third-order valence-corrected chi connectivity index (χ3v) is 3.88. The Kier molecular flexibility index (Phi) is 2.93. The number of rotatable bonds is 3. The normalized spacial score (nSPS) is 10.5. The highest BCUT2D eigenvalue weighted by Crippen LogP contribution is 2.38. The van der Waals surface area contributed by atoms with Crippen molar-refractivity contribution in [3.63, 3.8) is 0 Å². The maximum Gasteiger partial charge on any atom is 0.346 e. The van der Waals surface area contributed by atoms with Gasteiger partial charge in [0.25, 0.3) is 0 Å². The van der Waals surface area contributed by atoms with Gasteiger partial charge < -0.3 is 14.6 Å². The van der Waals surface area contributed by atoms with Gasteiger partial charge in [-0.25, -0.2) is 4.79 Å². The smallest absolute Gasteiger partial charge is 0.346 e. The summed E-state index contributed by atoms with van der Waals surface area (Å²) in [5.74, 6) is 0.317. The summed E-state index contributed by atoms with van der Waals surface area (Å²) in [6.45, 7) is 1.80. The lowest BCUT2D eigenvalue weighted by atomic mass is 10.1. The van der Waals surface area contributed by atoms with E-state index in [9.17, 15) is 4.79 Å². The molecule has 0 aliphatic heterocycles. The molecule has 4 nitrogen and oxygen atoms in total. The van der Waals surface area contributed by atoms with E-state index in [0.29, 0.717) is 16.4 Å². The van der Waals surface area contributed by atoms with Gasteiger partial charge in [0.05, 0.1) is 14.2 Å². The minimum atomic E-state index is -0.901. The Morgan fingerprint density at radius 1 is 1.24 bits per heavy atom. The molecule has 17 heavy (non-hydrogen) atoms. The number of hydrogen-bond donors (Lipinski definition) is 1. The standard InChI is InChI=1S/C12H12O4S/c1-6-7-4-8(15-2)9(16-3)5-10(7)17-11(6)12(13)14/h4-5H,1-3H3,(H,13,14). The van der Waals surface area contributed by atoms with Crippen LogP contribution in [0.25, 0.3) is 10.1 Å². The second-order valence-corrected chi connectivity index (χ2v) is 4.62. The van der Waals surface area contributed by atoms with Gasteiger partial charge in [0.2, 0.25) is 0 Å². The first-order valence-electron chi connectivity index (χ1n) is 4.97. The molecule has 1 aromatic heterocycles. The van der Waals surface area contributed by atoms with E-state index in [-0.39, 0.29) is 0 Å². The molecule has 0 atom stereocenters. The van der Waals surface area contributed by atoms with Gasteiger partial charge in [0.1, 0.15) is 4.88 Å². The van der Waals surface area contributed by atoms with Crippen LogP contribution < -0.4 is 9.47 Å². The monoisotopic (exact) mass is 252 g/mol. The van der Waals surface area contributed by atoms with Crippen molar-refractivity contribution in [1.29, 1.82) is 0 Å². The lowest BCUT2D eigenvalue weighted by Gasteiger charge is -2.07. The number of carbonyl (C=O) groups is 1. The van der Waals surface area contributed by atoms with Crippen LogP contribution in [0.1, 0.15) is 15.2 Å². The Morgan fingerprint density at radius 2 is 1.82 bits per heavy atom. The molecule has 2 aromatic rings. The second-order valence-electron chi connectivity index (χ2n) is 3.56. The van der Waals surface area contributed by atoms with Gasteiger partial charge in [-0.15, -0.1) is 11.3 Å². The molecule has 0 spiro atoms. The zero-order chi connectivity index (χ0) is 12.6. The zero-order valence-corrected chi connectivity index (χ0v) is 10.6. The van der Waals surface area contributed by atoms with E-state index >= 15 is 0 Å². The Labute approximate surface area is 102 Å². The number of ether oxygens (including phenoxy) is 2. The predicted molar refractivity (Wildman–Crippen MR) is 66.6 cm³/mol. The molecule has 0 saturated carbocycles. The van der Waals surface area contributed by atoms with Crippen LogP contribution >= 0.6 is 11.3 Å². The number of thiophene rings is 1. The number of carboxylic acid groups (broad SMARTS) is 1. The average Bonchev–Trinajstić information content (AvgIpc) is 2.64. The average molecular weight is 252 g/mol. The summed E-state index contributed by atoms with van der Waals surface area (Å²) in [5, 5.41) is 9.96. The molecule has 0 saturated heterocycles.